The molecular formula is C23H24N2O5. The number of benzene rings is 1. The fourth-order valence-electron chi connectivity index (χ4n) is 5.49. The first-order valence-corrected chi connectivity index (χ1v) is 10.6. The molecule has 5 aliphatic rings. The van der Waals surface area contributed by atoms with Gasteiger partial charge in [-0.15, -0.1) is 0 Å². The third-order valence-corrected chi connectivity index (χ3v) is 6.90. The van der Waals surface area contributed by atoms with Gasteiger partial charge in [0.25, 0.3) is 0 Å². The van der Waals surface area contributed by atoms with E-state index < -0.39 is 11.9 Å². The summed E-state index contributed by atoms with van der Waals surface area (Å²) in [7, 11) is 0. The van der Waals surface area contributed by atoms with Crippen molar-refractivity contribution in [3.8, 4) is 0 Å². The maximum atomic E-state index is 12.9. The Hall–Kier alpha value is -2.96. The topological polar surface area (TPSA) is 92.8 Å². The number of nitrogens with zero attached hydrogens (tertiary/aromatic N) is 1. The van der Waals surface area contributed by atoms with Crippen LogP contribution in [0.25, 0.3) is 0 Å². The third-order valence-electron chi connectivity index (χ3n) is 6.90. The van der Waals surface area contributed by atoms with Gasteiger partial charge in [0, 0.05) is 5.69 Å². The summed E-state index contributed by atoms with van der Waals surface area (Å²) in [4.78, 5) is 51.4. The molecule has 1 aliphatic heterocycles. The van der Waals surface area contributed by atoms with Crippen LogP contribution in [0.5, 0.6) is 0 Å². The minimum absolute atomic E-state index is 0.148. The second-order valence-corrected chi connectivity index (χ2v) is 8.68. The van der Waals surface area contributed by atoms with Gasteiger partial charge in [0.1, 0.15) is 6.54 Å². The van der Waals surface area contributed by atoms with E-state index in [0.717, 1.165) is 17.7 Å². The lowest BCUT2D eigenvalue weighted by atomic mass is 9.63. The molecule has 156 valence electrons. The molecule has 1 heterocycles. The summed E-state index contributed by atoms with van der Waals surface area (Å²) >= 11 is 0. The average molecular weight is 408 g/mol. The summed E-state index contributed by atoms with van der Waals surface area (Å²) in [6.07, 6.45) is 6.08. The van der Waals surface area contributed by atoms with Crippen molar-refractivity contribution in [1.82, 2.24) is 4.90 Å². The number of allylic oxidation sites excluding steroid dienone is 2. The van der Waals surface area contributed by atoms with Crippen molar-refractivity contribution in [2.24, 2.45) is 35.5 Å². The summed E-state index contributed by atoms with van der Waals surface area (Å²) in [5.74, 6) is -0.477. The number of amides is 3. The van der Waals surface area contributed by atoms with Crippen molar-refractivity contribution >= 4 is 29.4 Å². The van der Waals surface area contributed by atoms with Gasteiger partial charge in [-0.25, -0.2) is 4.79 Å². The van der Waals surface area contributed by atoms with E-state index in [9.17, 15) is 19.2 Å². The van der Waals surface area contributed by atoms with E-state index in [1.165, 1.54) is 0 Å². The number of hydrogen-bond donors (Lipinski definition) is 1. The lowest BCUT2D eigenvalue weighted by Gasteiger charge is -2.37. The van der Waals surface area contributed by atoms with Crippen LogP contribution < -0.4 is 5.32 Å². The van der Waals surface area contributed by atoms with Crippen LogP contribution in [0, 0.1) is 35.5 Å². The van der Waals surface area contributed by atoms with E-state index in [1.807, 2.05) is 6.92 Å². The molecule has 2 saturated carbocycles. The largest absolute Gasteiger partial charge is 0.462 e. The van der Waals surface area contributed by atoms with Gasteiger partial charge >= 0.3 is 5.97 Å². The summed E-state index contributed by atoms with van der Waals surface area (Å²) in [5, 5.41) is 2.70. The highest BCUT2D eigenvalue weighted by Gasteiger charge is 2.67. The highest BCUT2D eigenvalue weighted by Crippen LogP contribution is 2.65. The molecule has 2 bridgehead atoms. The van der Waals surface area contributed by atoms with Crippen LogP contribution in [-0.2, 0) is 19.1 Å². The highest BCUT2D eigenvalue weighted by molar-refractivity contribution is 6.09. The van der Waals surface area contributed by atoms with Gasteiger partial charge in [0.15, 0.2) is 0 Å². The SMILES string of the molecule is CCCOC(=O)c1ccc(NC(=O)CN2C(=O)[C@@H]3[C@H]4C=C[C@@H]([C@@H]5C[C@H]45)[C@@H]3C2=O)cc1. The normalized spacial score (nSPS) is 32.6. The van der Waals surface area contributed by atoms with Crippen molar-refractivity contribution in [3.63, 3.8) is 0 Å². The van der Waals surface area contributed by atoms with E-state index in [-0.39, 0.29) is 42.0 Å². The summed E-state index contributed by atoms with van der Waals surface area (Å²) in [5.41, 5.74) is 0.892. The van der Waals surface area contributed by atoms with Crippen LogP contribution in [0.15, 0.2) is 36.4 Å². The van der Waals surface area contributed by atoms with Crippen LogP contribution >= 0.6 is 0 Å². The number of nitrogens with one attached hydrogen (secondary N) is 1. The van der Waals surface area contributed by atoms with Gasteiger partial charge in [0.05, 0.1) is 24.0 Å². The fourth-order valence-corrected chi connectivity index (χ4v) is 5.49. The second kappa shape index (κ2) is 7.07. The minimum atomic E-state index is -0.429. The molecule has 6 atom stereocenters. The van der Waals surface area contributed by atoms with Crippen LogP contribution in [0.1, 0.15) is 30.1 Å². The lowest BCUT2D eigenvalue weighted by Crippen LogP contribution is -2.40. The molecule has 7 nitrogen and oxygen atoms in total. The molecule has 3 fully saturated rings. The van der Waals surface area contributed by atoms with E-state index in [4.69, 9.17) is 4.74 Å². The van der Waals surface area contributed by atoms with E-state index in [0.29, 0.717) is 29.7 Å². The molecule has 30 heavy (non-hydrogen) atoms. The van der Waals surface area contributed by atoms with Crippen molar-refractivity contribution in [2.75, 3.05) is 18.5 Å². The quantitative estimate of drug-likeness (QED) is 0.443. The Balaban J connectivity index is 1.22. The molecule has 1 N–H and O–H groups in total. The van der Waals surface area contributed by atoms with Gasteiger partial charge in [0.2, 0.25) is 17.7 Å². The van der Waals surface area contributed by atoms with Gasteiger partial charge in [-0.05, 0) is 60.8 Å². The second-order valence-electron chi connectivity index (χ2n) is 8.68. The summed E-state index contributed by atoms with van der Waals surface area (Å²) in [6, 6.07) is 6.35. The Kier molecular flexibility index (Phi) is 4.49. The van der Waals surface area contributed by atoms with E-state index in [1.54, 1.807) is 24.3 Å². The number of ether oxygens (including phenoxy) is 1. The highest BCUT2D eigenvalue weighted by atomic mass is 16.5. The van der Waals surface area contributed by atoms with Crippen LogP contribution in [0.2, 0.25) is 0 Å². The smallest absolute Gasteiger partial charge is 0.338 e. The molecule has 6 rings (SSSR count). The first-order chi connectivity index (χ1) is 14.5. The Bertz CT molecular complexity index is 917. The number of anilines is 1. The van der Waals surface area contributed by atoms with Crippen LogP contribution in [0.4, 0.5) is 5.69 Å². The number of rotatable bonds is 6. The number of imide groups is 1. The predicted molar refractivity (Wildman–Crippen MR) is 107 cm³/mol. The monoisotopic (exact) mass is 408 g/mol. The Labute approximate surface area is 174 Å². The van der Waals surface area contributed by atoms with Crippen molar-refractivity contribution < 1.29 is 23.9 Å². The molecular weight excluding hydrogens is 384 g/mol. The van der Waals surface area contributed by atoms with Gasteiger partial charge in [-0.3, -0.25) is 19.3 Å². The Morgan fingerprint density at radius 1 is 1.03 bits per heavy atom. The zero-order valence-corrected chi connectivity index (χ0v) is 16.7. The maximum absolute atomic E-state index is 12.9. The van der Waals surface area contributed by atoms with Crippen molar-refractivity contribution in [3.05, 3.63) is 42.0 Å². The number of hydrogen-bond acceptors (Lipinski definition) is 5. The molecule has 1 saturated heterocycles. The number of likely N-dealkylation sites (tertiary alicyclic amines) is 1. The first-order valence-electron chi connectivity index (χ1n) is 10.6. The molecule has 0 aromatic heterocycles. The van der Waals surface area contributed by atoms with Crippen molar-refractivity contribution in [2.45, 2.75) is 19.8 Å². The van der Waals surface area contributed by atoms with Gasteiger partial charge in [-0.2, -0.15) is 0 Å². The van der Waals surface area contributed by atoms with Gasteiger partial charge in [-0.1, -0.05) is 19.1 Å². The zero-order chi connectivity index (χ0) is 21.0. The van der Waals surface area contributed by atoms with E-state index >= 15 is 0 Å². The standard InChI is InChI=1S/C23H24N2O5/c1-2-9-30-23(29)12-3-5-13(6-4-12)24-18(26)11-25-21(27)19-14-7-8-15(17-10-16(14)17)20(19)22(25)28/h3-8,14-17,19-20H,2,9-11H2,1H3,(H,24,26)/t14-,15-,16-,17+,19-,20+/m0/s1. The molecule has 0 unspecified atom stereocenters. The first kappa shape index (κ1) is 19.0. The number of carbonyl (C=O) groups excluding carboxylic acids is 4. The lowest BCUT2D eigenvalue weighted by molar-refractivity contribution is -0.142. The molecule has 1 aromatic carbocycles. The molecule has 0 spiro atoms. The number of esters is 1. The third kappa shape index (κ3) is 2.95. The Morgan fingerprint density at radius 2 is 1.63 bits per heavy atom. The fraction of sp³-hybridized carbons (Fsp3) is 0.478. The van der Waals surface area contributed by atoms with Crippen LogP contribution in [-0.4, -0.2) is 41.7 Å². The van der Waals surface area contributed by atoms with Crippen LogP contribution in [0.3, 0.4) is 0 Å². The summed E-state index contributed by atoms with van der Waals surface area (Å²) < 4.78 is 5.08. The van der Waals surface area contributed by atoms with Crippen molar-refractivity contribution in [1.29, 1.82) is 0 Å². The predicted octanol–water partition coefficient (Wildman–Crippen LogP) is 2.25. The molecule has 1 aromatic rings. The van der Waals surface area contributed by atoms with E-state index in [2.05, 4.69) is 17.5 Å². The molecule has 4 aliphatic carbocycles. The summed E-state index contributed by atoms with van der Waals surface area (Å²) in [6.45, 7) is 2.00. The molecule has 3 amide bonds. The average Bonchev–Trinajstić information content (AvgIpc) is 3.53. The number of carbonyl (C=O) groups is 4. The molecule has 7 heteroatoms. The Morgan fingerprint density at radius 3 is 2.20 bits per heavy atom. The minimum Gasteiger partial charge on any atom is -0.462 e. The maximum Gasteiger partial charge on any atom is 0.338 e. The van der Waals surface area contributed by atoms with Gasteiger partial charge < -0.3 is 10.1 Å². The zero-order valence-electron chi connectivity index (χ0n) is 16.7. The molecule has 0 radical (unpaired) electrons.